The molecule has 1 aliphatic rings. The number of hydrogen-bond acceptors (Lipinski definition) is 3. The van der Waals surface area contributed by atoms with Crippen LogP contribution in [0.3, 0.4) is 0 Å². The predicted molar refractivity (Wildman–Crippen MR) is 103 cm³/mol. The van der Waals surface area contributed by atoms with Crippen LogP contribution >= 0.6 is 0 Å². The van der Waals surface area contributed by atoms with Crippen molar-refractivity contribution < 1.29 is 13.6 Å². The largest absolute Gasteiger partial charge is 0.348 e. The van der Waals surface area contributed by atoms with E-state index in [1.807, 2.05) is 6.07 Å². The lowest BCUT2D eigenvalue weighted by atomic mass is 10.1. The SMILES string of the molecule is O=C(NCc1ccc(F)cc1F)c1ccc2c(c1)ncn2CCN1CCCC1. The molecule has 1 aliphatic heterocycles. The number of aromatic nitrogens is 2. The van der Waals surface area contributed by atoms with Crippen LogP contribution < -0.4 is 5.32 Å². The smallest absolute Gasteiger partial charge is 0.251 e. The number of halogens is 2. The van der Waals surface area contributed by atoms with Crippen molar-refractivity contribution >= 4 is 16.9 Å². The lowest BCUT2D eigenvalue weighted by Gasteiger charge is -2.15. The molecule has 0 spiro atoms. The molecule has 5 nitrogen and oxygen atoms in total. The number of carbonyl (C=O) groups excluding carboxylic acids is 1. The van der Waals surface area contributed by atoms with Gasteiger partial charge in [0.1, 0.15) is 11.6 Å². The fraction of sp³-hybridized carbons (Fsp3) is 0.333. The Bertz CT molecular complexity index is 995. The highest BCUT2D eigenvalue weighted by molar-refractivity contribution is 5.97. The third-order valence-electron chi connectivity index (χ3n) is 5.19. The Morgan fingerprint density at radius 2 is 1.89 bits per heavy atom. The predicted octanol–water partition coefficient (Wildman–Crippen LogP) is 3.34. The molecule has 28 heavy (non-hydrogen) atoms. The van der Waals surface area contributed by atoms with Gasteiger partial charge >= 0.3 is 0 Å². The zero-order valence-corrected chi connectivity index (χ0v) is 15.5. The number of imidazole rings is 1. The van der Waals surface area contributed by atoms with Gasteiger partial charge in [-0.25, -0.2) is 13.8 Å². The number of amides is 1. The van der Waals surface area contributed by atoms with Gasteiger partial charge in [-0.15, -0.1) is 0 Å². The highest BCUT2D eigenvalue weighted by Crippen LogP contribution is 2.16. The summed E-state index contributed by atoms with van der Waals surface area (Å²) in [4.78, 5) is 19.3. The molecule has 0 saturated carbocycles. The molecule has 1 amide bonds. The molecule has 0 bridgehead atoms. The summed E-state index contributed by atoms with van der Waals surface area (Å²) in [6, 6.07) is 8.67. The highest BCUT2D eigenvalue weighted by atomic mass is 19.1. The van der Waals surface area contributed by atoms with Crippen LogP contribution in [0.1, 0.15) is 28.8 Å². The first-order valence-corrected chi connectivity index (χ1v) is 9.49. The van der Waals surface area contributed by atoms with Crippen molar-refractivity contribution in [3.8, 4) is 0 Å². The number of nitrogens with zero attached hydrogens (tertiary/aromatic N) is 3. The summed E-state index contributed by atoms with van der Waals surface area (Å²) in [5, 5.41) is 2.67. The number of hydrogen-bond donors (Lipinski definition) is 1. The normalized spacial score (nSPS) is 14.6. The highest BCUT2D eigenvalue weighted by Gasteiger charge is 2.13. The third kappa shape index (κ3) is 4.04. The Hall–Kier alpha value is -2.80. The van der Waals surface area contributed by atoms with Crippen LogP contribution in [0.25, 0.3) is 11.0 Å². The second kappa shape index (κ2) is 8.06. The van der Waals surface area contributed by atoms with E-state index in [1.54, 1.807) is 18.5 Å². The van der Waals surface area contributed by atoms with Crippen molar-refractivity contribution in [2.45, 2.75) is 25.9 Å². The van der Waals surface area contributed by atoms with Gasteiger partial charge in [-0.05, 0) is 50.2 Å². The Kier molecular flexibility index (Phi) is 5.34. The van der Waals surface area contributed by atoms with Crippen molar-refractivity contribution in [2.24, 2.45) is 0 Å². The maximum Gasteiger partial charge on any atom is 0.251 e. The monoisotopic (exact) mass is 384 g/mol. The average molecular weight is 384 g/mol. The van der Waals surface area contributed by atoms with E-state index < -0.39 is 11.6 Å². The first kappa shape index (κ1) is 18.6. The number of likely N-dealkylation sites (tertiary alicyclic amines) is 1. The molecule has 2 heterocycles. The molecule has 7 heteroatoms. The van der Waals surface area contributed by atoms with E-state index >= 15 is 0 Å². The zero-order valence-electron chi connectivity index (χ0n) is 15.5. The Balaban J connectivity index is 1.41. The summed E-state index contributed by atoms with van der Waals surface area (Å²) in [7, 11) is 0. The van der Waals surface area contributed by atoms with E-state index in [2.05, 4.69) is 19.8 Å². The molecule has 0 aliphatic carbocycles. The molecule has 1 fully saturated rings. The molecule has 1 aromatic heterocycles. The van der Waals surface area contributed by atoms with Crippen LogP contribution in [0.2, 0.25) is 0 Å². The van der Waals surface area contributed by atoms with Gasteiger partial charge in [0, 0.05) is 36.8 Å². The van der Waals surface area contributed by atoms with Gasteiger partial charge in [-0.3, -0.25) is 4.79 Å². The maximum absolute atomic E-state index is 13.7. The number of rotatable bonds is 6. The number of fused-ring (bicyclic) bond motifs is 1. The first-order chi connectivity index (χ1) is 13.6. The van der Waals surface area contributed by atoms with E-state index in [0.717, 1.165) is 43.3 Å². The molecule has 0 atom stereocenters. The first-order valence-electron chi connectivity index (χ1n) is 9.49. The van der Waals surface area contributed by atoms with E-state index in [1.165, 1.54) is 25.0 Å². The van der Waals surface area contributed by atoms with Crippen molar-refractivity contribution in [2.75, 3.05) is 19.6 Å². The summed E-state index contributed by atoms with van der Waals surface area (Å²) in [5.74, 6) is -1.64. The van der Waals surface area contributed by atoms with Crippen molar-refractivity contribution in [1.82, 2.24) is 19.8 Å². The van der Waals surface area contributed by atoms with E-state index in [0.29, 0.717) is 5.56 Å². The molecule has 1 N–H and O–H groups in total. The van der Waals surface area contributed by atoms with Gasteiger partial charge in [-0.2, -0.15) is 0 Å². The van der Waals surface area contributed by atoms with Gasteiger partial charge in [0.2, 0.25) is 0 Å². The van der Waals surface area contributed by atoms with Crippen LogP contribution in [-0.2, 0) is 13.1 Å². The summed E-state index contributed by atoms with van der Waals surface area (Å²) in [5.41, 5.74) is 2.43. The number of carbonyl (C=O) groups is 1. The van der Waals surface area contributed by atoms with Crippen molar-refractivity contribution in [3.05, 3.63) is 65.5 Å². The van der Waals surface area contributed by atoms with Crippen LogP contribution in [-0.4, -0.2) is 40.0 Å². The summed E-state index contributed by atoms with van der Waals surface area (Å²) < 4.78 is 28.8. The van der Waals surface area contributed by atoms with Gasteiger partial charge in [0.25, 0.3) is 5.91 Å². The van der Waals surface area contributed by atoms with Gasteiger partial charge in [0.15, 0.2) is 0 Å². The minimum Gasteiger partial charge on any atom is -0.348 e. The summed E-state index contributed by atoms with van der Waals surface area (Å²) >= 11 is 0. The lowest BCUT2D eigenvalue weighted by molar-refractivity contribution is 0.0950. The van der Waals surface area contributed by atoms with Crippen LogP contribution in [0.4, 0.5) is 8.78 Å². The van der Waals surface area contributed by atoms with E-state index in [-0.39, 0.29) is 18.0 Å². The van der Waals surface area contributed by atoms with Gasteiger partial charge < -0.3 is 14.8 Å². The molecule has 1 saturated heterocycles. The number of nitrogens with one attached hydrogen (secondary N) is 1. The molecular formula is C21H22F2N4O. The molecular weight excluding hydrogens is 362 g/mol. The van der Waals surface area contributed by atoms with E-state index in [4.69, 9.17) is 0 Å². The third-order valence-corrected chi connectivity index (χ3v) is 5.19. The van der Waals surface area contributed by atoms with E-state index in [9.17, 15) is 13.6 Å². The maximum atomic E-state index is 13.7. The standard InChI is InChI=1S/C21H22F2N4O/c22-17-5-3-16(18(23)12-17)13-24-21(28)15-4-6-20-19(11-15)25-14-27(20)10-9-26-7-1-2-8-26/h3-6,11-12,14H,1-2,7-10,13H2,(H,24,28). The number of benzene rings is 2. The minimum atomic E-state index is -0.674. The van der Waals surface area contributed by atoms with Crippen molar-refractivity contribution in [3.63, 3.8) is 0 Å². The minimum absolute atomic E-state index is 0.00669. The average Bonchev–Trinajstić information content (AvgIpc) is 3.34. The Morgan fingerprint density at radius 1 is 1.07 bits per heavy atom. The van der Waals surface area contributed by atoms with Gasteiger partial charge in [0.05, 0.1) is 17.4 Å². The molecule has 2 aromatic carbocycles. The van der Waals surface area contributed by atoms with Crippen LogP contribution in [0.5, 0.6) is 0 Å². The topological polar surface area (TPSA) is 50.2 Å². The Labute approximate surface area is 162 Å². The second-order valence-electron chi connectivity index (χ2n) is 7.11. The molecule has 4 rings (SSSR count). The molecule has 0 unspecified atom stereocenters. The molecule has 0 radical (unpaired) electrons. The lowest BCUT2D eigenvalue weighted by Crippen LogP contribution is -2.24. The summed E-state index contributed by atoms with van der Waals surface area (Å²) in [6.07, 6.45) is 4.34. The second-order valence-corrected chi connectivity index (χ2v) is 7.11. The van der Waals surface area contributed by atoms with Gasteiger partial charge in [-0.1, -0.05) is 6.07 Å². The fourth-order valence-electron chi connectivity index (χ4n) is 3.58. The van der Waals surface area contributed by atoms with Crippen LogP contribution in [0, 0.1) is 11.6 Å². The quantitative estimate of drug-likeness (QED) is 0.709. The zero-order chi connectivity index (χ0) is 19.5. The Morgan fingerprint density at radius 3 is 2.68 bits per heavy atom. The summed E-state index contributed by atoms with van der Waals surface area (Å²) in [6.45, 7) is 4.17. The van der Waals surface area contributed by atoms with Crippen molar-refractivity contribution in [1.29, 1.82) is 0 Å². The molecule has 146 valence electrons. The van der Waals surface area contributed by atoms with Crippen LogP contribution in [0.15, 0.2) is 42.7 Å². The fourth-order valence-corrected chi connectivity index (χ4v) is 3.58. The molecule has 3 aromatic rings.